The Hall–Kier alpha value is -3.68. The number of nitrogens with one attached hydrogen (secondary N) is 2. The van der Waals surface area contributed by atoms with Gasteiger partial charge in [0.1, 0.15) is 5.82 Å². The van der Waals surface area contributed by atoms with Crippen LogP contribution in [0.4, 0.5) is 10.1 Å². The van der Waals surface area contributed by atoms with Crippen molar-refractivity contribution in [2.75, 3.05) is 5.32 Å². The molecular formula is C19H16FN5O2. The molecule has 0 aliphatic rings. The molecule has 8 heteroatoms. The molecule has 0 aliphatic carbocycles. The summed E-state index contributed by atoms with van der Waals surface area (Å²) in [6.07, 6.45) is 1.89. The highest BCUT2D eigenvalue weighted by Crippen LogP contribution is 2.25. The first-order chi connectivity index (χ1) is 13.0. The molecule has 0 bridgehead atoms. The largest absolute Gasteiger partial charge is 0.476 e. The number of aromatic carboxylic acids is 1. The van der Waals surface area contributed by atoms with E-state index < -0.39 is 5.97 Å². The van der Waals surface area contributed by atoms with E-state index >= 15 is 0 Å². The fraction of sp³-hybridized carbons (Fsp3) is 0.105. The zero-order chi connectivity index (χ0) is 19.0. The normalized spacial score (nSPS) is 11.0. The van der Waals surface area contributed by atoms with Crippen molar-refractivity contribution >= 4 is 22.6 Å². The number of carboxylic acids is 1. The summed E-state index contributed by atoms with van der Waals surface area (Å²) in [6, 6.07) is 11.6. The zero-order valence-electron chi connectivity index (χ0n) is 14.4. The van der Waals surface area contributed by atoms with Crippen molar-refractivity contribution in [1.29, 1.82) is 0 Å². The van der Waals surface area contributed by atoms with Crippen molar-refractivity contribution in [2.24, 2.45) is 7.05 Å². The van der Waals surface area contributed by atoms with E-state index in [1.54, 1.807) is 28.9 Å². The molecule has 0 amide bonds. The number of aromatic amines is 1. The number of aryl methyl sites for hydroxylation is 1. The third kappa shape index (κ3) is 3.24. The number of hydrogen-bond donors (Lipinski definition) is 3. The maximum Gasteiger partial charge on any atom is 0.357 e. The molecule has 136 valence electrons. The second-order valence-electron chi connectivity index (χ2n) is 6.17. The molecule has 0 aliphatic heterocycles. The average Bonchev–Trinajstić information content (AvgIpc) is 3.23. The molecular weight excluding hydrogens is 349 g/mol. The molecule has 2 aromatic carbocycles. The van der Waals surface area contributed by atoms with Crippen molar-refractivity contribution in [3.8, 4) is 11.3 Å². The van der Waals surface area contributed by atoms with Crippen LogP contribution in [0.1, 0.15) is 16.1 Å². The molecule has 4 aromatic rings. The SMILES string of the molecule is Cn1cc(CNc2ccc3[nH]nc(C(=O)O)c3c2)c(-c2ccc(F)cc2)n1. The van der Waals surface area contributed by atoms with Gasteiger partial charge in [0.15, 0.2) is 5.69 Å². The Kier molecular flexibility index (Phi) is 4.08. The molecule has 0 atom stereocenters. The summed E-state index contributed by atoms with van der Waals surface area (Å²) in [5, 5.41) is 24.0. The van der Waals surface area contributed by atoms with Crippen LogP contribution in [-0.2, 0) is 13.6 Å². The van der Waals surface area contributed by atoms with Crippen LogP contribution in [0.25, 0.3) is 22.2 Å². The molecule has 0 saturated carbocycles. The Balaban J connectivity index is 1.60. The van der Waals surface area contributed by atoms with Crippen molar-refractivity contribution in [1.82, 2.24) is 20.0 Å². The minimum absolute atomic E-state index is 0.0120. The van der Waals surface area contributed by atoms with E-state index in [-0.39, 0.29) is 11.5 Å². The van der Waals surface area contributed by atoms with Crippen LogP contribution < -0.4 is 5.32 Å². The van der Waals surface area contributed by atoms with Gasteiger partial charge >= 0.3 is 5.97 Å². The van der Waals surface area contributed by atoms with Gasteiger partial charge in [-0.2, -0.15) is 10.2 Å². The van der Waals surface area contributed by atoms with Gasteiger partial charge in [0.05, 0.1) is 11.2 Å². The lowest BCUT2D eigenvalue weighted by molar-refractivity contribution is 0.0692. The maximum absolute atomic E-state index is 13.2. The molecule has 0 unspecified atom stereocenters. The fourth-order valence-electron chi connectivity index (χ4n) is 3.00. The molecule has 0 radical (unpaired) electrons. The lowest BCUT2D eigenvalue weighted by Crippen LogP contribution is -2.01. The zero-order valence-corrected chi connectivity index (χ0v) is 14.4. The van der Waals surface area contributed by atoms with E-state index in [1.807, 2.05) is 19.3 Å². The standard InChI is InChI=1S/C19H16FN5O2/c1-25-10-12(17(24-25)11-2-4-13(20)5-3-11)9-21-14-6-7-16-15(8-14)18(19(26)27)23-22-16/h2-8,10,21H,9H2,1H3,(H,22,23)(H,26,27). The number of anilines is 1. The number of nitrogens with zero attached hydrogens (tertiary/aromatic N) is 3. The number of benzene rings is 2. The minimum Gasteiger partial charge on any atom is -0.476 e. The van der Waals surface area contributed by atoms with Crippen LogP contribution in [0, 0.1) is 5.82 Å². The van der Waals surface area contributed by atoms with Gasteiger partial charge in [-0.15, -0.1) is 0 Å². The number of carbonyl (C=O) groups is 1. The van der Waals surface area contributed by atoms with Crippen molar-refractivity contribution in [3.05, 3.63) is 65.7 Å². The molecule has 4 rings (SSSR count). The van der Waals surface area contributed by atoms with Gasteiger partial charge in [-0.1, -0.05) is 0 Å². The highest BCUT2D eigenvalue weighted by Gasteiger charge is 2.14. The Morgan fingerprint density at radius 2 is 2.04 bits per heavy atom. The summed E-state index contributed by atoms with van der Waals surface area (Å²) in [5.74, 6) is -1.37. The highest BCUT2D eigenvalue weighted by atomic mass is 19.1. The molecule has 2 aromatic heterocycles. The van der Waals surface area contributed by atoms with Gasteiger partial charge in [0, 0.05) is 42.0 Å². The quantitative estimate of drug-likeness (QED) is 0.504. The van der Waals surface area contributed by atoms with Crippen LogP contribution in [-0.4, -0.2) is 31.1 Å². The van der Waals surface area contributed by atoms with E-state index in [9.17, 15) is 14.3 Å². The van der Waals surface area contributed by atoms with Crippen LogP contribution in [0.15, 0.2) is 48.7 Å². The number of halogens is 1. The van der Waals surface area contributed by atoms with E-state index in [2.05, 4.69) is 20.6 Å². The van der Waals surface area contributed by atoms with Gasteiger partial charge in [0.2, 0.25) is 0 Å². The number of fused-ring (bicyclic) bond motifs is 1. The van der Waals surface area contributed by atoms with Crippen LogP contribution in [0.2, 0.25) is 0 Å². The summed E-state index contributed by atoms with van der Waals surface area (Å²) in [5.41, 5.74) is 3.94. The summed E-state index contributed by atoms with van der Waals surface area (Å²) < 4.78 is 14.9. The first kappa shape index (κ1) is 16.8. The third-order valence-electron chi connectivity index (χ3n) is 4.27. The highest BCUT2D eigenvalue weighted by molar-refractivity contribution is 6.01. The van der Waals surface area contributed by atoms with Gasteiger partial charge in [-0.3, -0.25) is 9.78 Å². The predicted molar refractivity (Wildman–Crippen MR) is 99.0 cm³/mol. The summed E-state index contributed by atoms with van der Waals surface area (Å²) in [6.45, 7) is 0.478. The van der Waals surface area contributed by atoms with E-state index in [1.165, 1.54) is 12.1 Å². The molecule has 7 nitrogen and oxygen atoms in total. The molecule has 2 heterocycles. The lowest BCUT2D eigenvalue weighted by Gasteiger charge is -2.07. The van der Waals surface area contributed by atoms with Gasteiger partial charge in [0.25, 0.3) is 0 Å². The Morgan fingerprint density at radius 3 is 2.78 bits per heavy atom. The van der Waals surface area contributed by atoms with Crippen LogP contribution in [0.5, 0.6) is 0 Å². The molecule has 27 heavy (non-hydrogen) atoms. The lowest BCUT2D eigenvalue weighted by atomic mass is 10.1. The number of H-pyrrole nitrogens is 1. The first-order valence-electron chi connectivity index (χ1n) is 8.25. The molecule has 3 N–H and O–H groups in total. The number of hydrogen-bond acceptors (Lipinski definition) is 4. The van der Waals surface area contributed by atoms with Gasteiger partial charge in [-0.25, -0.2) is 9.18 Å². The molecule has 0 spiro atoms. The molecule has 0 fully saturated rings. The fourth-order valence-corrected chi connectivity index (χ4v) is 3.00. The second-order valence-corrected chi connectivity index (χ2v) is 6.17. The number of rotatable bonds is 5. The van der Waals surface area contributed by atoms with Crippen molar-refractivity contribution in [3.63, 3.8) is 0 Å². The monoisotopic (exact) mass is 365 g/mol. The second kappa shape index (κ2) is 6.56. The van der Waals surface area contributed by atoms with E-state index in [4.69, 9.17) is 0 Å². The summed E-state index contributed by atoms with van der Waals surface area (Å²) in [4.78, 5) is 11.3. The van der Waals surface area contributed by atoms with Gasteiger partial charge in [-0.05, 0) is 42.5 Å². The van der Waals surface area contributed by atoms with Crippen LogP contribution in [0.3, 0.4) is 0 Å². The van der Waals surface area contributed by atoms with Crippen molar-refractivity contribution < 1.29 is 14.3 Å². The summed E-state index contributed by atoms with van der Waals surface area (Å²) >= 11 is 0. The number of carboxylic acid groups (broad SMARTS) is 1. The Bertz CT molecular complexity index is 1130. The van der Waals surface area contributed by atoms with E-state index in [0.717, 1.165) is 22.5 Å². The Labute approximate surface area is 153 Å². The minimum atomic E-state index is -1.08. The first-order valence-corrected chi connectivity index (χ1v) is 8.25. The summed E-state index contributed by atoms with van der Waals surface area (Å²) in [7, 11) is 1.83. The predicted octanol–water partition coefficient (Wildman–Crippen LogP) is 3.41. The third-order valence-corrected chi connectivity index (χ3v) is 4.27. The smallest absolute Gasteiger partial charge is 0.357 e. The topological polar surface area (TPSA) is 95.8 Å². The number of aromatic nitrogens is 4. The van der Waals surface area contributed by atoms with Crippen LogP contribution >= 0.6 is 0 Å². The maximum atomic E-state index is 13.2. The molecule has 0 saturated heterocycles. The van der Waals surface area contributed by atoms with E-state index in [0.29, 0.717) is 17.4 Å². The van der Waals surface area contributed by atoms with Gasteiger partial charge < -0.3 is 10.4 Å². The van der Waals surface area contributed by atoms with Crippen molar-refractivity contribution in [2.45, 2.75) is 6.54 Å². The Morgan fingerprint density at radius 1 is 1.26 bits per heavy atom. The average molecular weight is 365 g/mol.